The molecule has 3 heteroatoms. The number of nitrogens with one attached hydrogen (secondary N) is 1. The third-order valence-corrected chi connectivity index (χ3v) is 6.98. The fourth-order valence-corrected chi connectivity index (χ4v) is 5.24. The number of rotatable bonds is 16. The van der Waals surface area contributed by atoms with Gasteiger partial charge in [-0.1, -0.05) is 104 Å². The van der Waals surface area contributed by atoms with Crippen LogP contribution in [0.4, 0.5) is 0 Å². The first-order valence-electron chi connectivity index (χ1n) is 13.1. The van der Waals surface area contributed by atoms with Crippen molar-refractivity contribution in [3.63, 3.8) is 0 Å². The molecule has 3 aromatic rings. The zero-order valence-corrected chi connectivity index (χ0v) is 20.7. The average Bonchev–Trinajstić information content (AvgIpc) is 2.91. The lowest BCUT2D eigenvalue weighted by Crippen LogP contribution is -2.32. The first-order chi connectivity index (χ1) is 16.8. The molecule has 182 valence electrons. The maximum absolute atomic E-state index is 5.98. The first kappa shape index (κ1) is 26.2. The van der Waals surface area contributed by atoms with E-state index in [9.17, 15) is 0 Å². The van der Waals surface area contributed by atoms with Crippen LogP contribution in [-0.2, 0) is 5.41 Å². The summed E-state index contributed by atoms with van der Waals surface area (Å²) in [6.07, 6.45) is 8.06. The SMILES string of the molecule is NCCCNCCCCC(CCCN)CC(c1ccccc1)(c1ccccc1)c1ccccc1. The molecular formula is C31H43N3. The summed E-state index contributed by atoms with van der Waals surface area (Å²) in [7, 11) is 0. The molecule has 3 nitrogen and oxygen atoms in total. The topological polar surface area (TPSA) is 64.1 Å². The van der Waals surface area contributed by atoms with Crippen LogP contribution in [-0.4, -0.2) is 26.2 Å². The maximum atomic E-state index is 5.98. The van der Waals surface area contributed by atoms with Crippen molar-refractivity contribution >= 4 is 0 Å². The lowest BCUT2D eigenvalue weighted by atomic mass is 9.64. The van der Waals surface area contributed by atoms with Crippen molar-refractivity contribution in [3.05, 3.63) is 108 Å². The van der Waals surface area contributed by atoms with Crippen LogP contribution in [0.5, 0.6) is 0 Å². The minimum atomic E-state index is -0.178. The summed E-state index contributed by atoms with van der Waals surface area (Å²) in [5, 5.41) is 3.53. The van der Waals surface area contributed by atoms with Crippen molar-refractivity contribution in [1.29, 1.82) is 0 Å². The number of nitrogens with two attached hydrogens (primary N) is 2. The van der Waals surface area contributed by atoms with Gasteiger partial charge < -0.3 is 16.8 Å². The second-order valence-electron chi connectivity index (χ2n) is 9.39. The molecule has 0 aliphatic heterocycles. The monoisotopic (exact) mass is 457 g/mol. The largest absolute Gasteiger partial charge is 0.330 e. The molecule has 3 rings (SSSR count). The van der Waals surface area contributed by atoms with Gasteiger partial charge in [-0.25, -0.2) is 0 Å². The predicted octanol–water partition coefficient (Wildman–Crippen LogP) is 5.87. The molecular weight excluding hydrogens is 414 g/mol. The van der Waals surface area contributed by atoms with Gasteiger partial charge in [-0.05, 0) is 80.9 Å². The van der Waals surface area contributed by atoms with E-state index in [4.69, 9.17) is 11.5 Å². The van der Waals surface area contributed by atoms with E-state index in [-0.39, 0.29) is 5.41 Å². The Kier molecular flexibility index (Phi) is 11.3. The van der Waals surface area contributed by atoms with Crippen molar-refractivity contribution in [2.24, 2.45) is 17.4 Å². The normalized spacial score (nSPS) is 12.5. The van der Waals surface area contributed by atoms with Crippen molar-refractivity contribution in [2.75, 3.05) is 26.2 Å². The Bertz CT molecular complexity index is 799. The highest BCUT2D eigenvalue weighted by molar-refractivity contribution is 5.50. The molecule has 0 heterocycles. The van der Waals surface area contributed by atoms with Crippen LogP contribution < -0.4 is 16.8 Å². The van der Waals surface area contributed by atoms with Gasteiger partial charge in [-0.2, -0.15) is 0 Å². The Morgan fingerprint density at radius 2 is 1.00 bits per heavy atom. The lowest BCUT2D eigenvalue weighted by molar-refractivity contribution is 0.340. The summed E-state index contributed by atoms with van der Waals surface area (Å²) in [5.74, 6) is 0.605. The van der Waals surface area contributed by atoms with Gasteiger partial charge in [0.1, 0.15) is 0 Å². The third kappa shape index (κ3) is 7.27. The minimum absolute atomic E-state index is 0.178. The quantitative estimate of drug-likeness (QED) is 0.186. The molecule has 0 aromatic heterocycles. The van der Waals surface area contributed by atoms with Crippen molar-refractivity contribution in [1.82, 2.24) is 5.32 Å². The van der Waals surface area contributed by atoms with Gasteiger partial charge in [0, 0.05) is 5.41 Å². The minimum Gasteiger partial charge on any atom is -0.330 e. The fraction of sp³-hybridized carbons (Fsp3) is 0.419. The van der Waals surface area contributed by atoms with E-state index < -0.39 is 0 Å². The third-order valence-electron chi connectivity index (χ3n) is 6.98. The molecule has 1 atom stereocenters. The van der Waals surface area contributed by atoms with Gasteiger partial charge in [-0.3, -0.25) is 0 Å². The standard InChI is InChI=1S/C31H43N3/c32-22-12-15-27(14-10-11-24-34-25-13-23-33)26-31(28-16-4-1-5-17-28,29-18-6-2-7-19-29)30-20-8-3-9-21-30/h1-9,16-21,27,34H,10-15,22-26,32-33H2. The number of benzene rings is 3. The Morgan fingerprint density at radius 1 is 0.559 bits per heavy atom. The number of hydrogen-bond donors (Lipinski definition) is 3. The van der Waals surface area contributed by atoms with E-state index in [1.165, 1.54) is 42.4 Å². The van der Waals surface area contributed by atoms with E-state index in [1.807, 2.05) is 0 Å². The zero-order chi connectivity index (χ0) is 23.9. The molecule has 0 spiro atoms. The maximum Gasteiger partial charge on any atom is 0.0454 e. The Labute approximate surface area is 207 Å². The predicted molar refractivity (Wildman–Crippen MR) is 146 cm³/mol. The molecule has 3 aromatic carbocycles. The van der Waals surface area contributed by atoms with Gasteiger partial charge in [-0.15, -0.1) is 0 Å². The number of hydrogen-bond acceptors (Lipinski definition) is 3. The zero-order valence-electron chi connectivity index (χ0n) is 20.7. The Morgan fingerprint density at radius 3 is 1.47 bits per heavy atom. The molecule has 0 amide bonds. The first-order valence-corrected chi connectivity index (χ1v) is 13.1. The van der Waals surface area contributed by atoms with E-state index in [0.717, 1.165) is 45.4 Å². The molecule has 0 radical (unpaired) electrons. The van der Waals surface area contributed by atoms with Crippen LogP contribution in [0.15, 0.2) is 91.0 Å². The van der Waals surface area contributed by atoms with Crippen LogP contribution in [0.25, 0.3) is 0 Å². The second kappa shape index (κ2) is 14.7. The van der Waals surface area contributed by atoms with Crippen LogP contribution in [0.1, 0.15) is 61.6 Å². The summed E-state index contributed by atoms with van der Waals surface area (Å²) in [5.41, 5.74) is 15.5. The summed E-state index contributed by atoms with van der Waals surface area (Å²) >= 11 is 0. The molecule has 0 saturated carbocycles. The highest BCUT2D eigenvalue weighted by atomic mass is 14.8. The van der Waals surface area contributed by atoms with Crippen LogP contribution in [0.3, 0.4) is 0 Å². The molecule has 0 aliphatic rings. The van der Waals surface area contributed by atoms with Gasteiger partial charge in [0.2, 0.25) is 0 Å². The summed E-state index contributed by atoms with van der Waals surface area (Å²) in [4.78, 5) is 0. The Balaban J connectivity index is 1.91. The van der Waals surface area contributed by atoms with Gasteiger partial charge in [0.05, 0.1) is 0 Å². The van der Waals surface area contributed by atoms with E-state index in [2.05, 4.69) is 96.3 Å². The number of unbranched alkanes of at least 4 members (excludes halogenated alkanes) is 1. The van der Waals surface area contributed by atoms with Gasteiger partial charge in [0.25, 0.3) is 0 Å². The van der Waals surface area contributed by atoms with Gasteiger partial charge in [0.15, 0.2) is 0 Å². The van der Waals surface area contributed by atoms with Crippen LogP contribution in [0, 0.1) is 5.92 Å². The van der Waals surface area contributed by atoms with E-state index in [0.29, 0.717) is 5.92 Å². The molecule has 0 fully saturated rings. The van der Waals surface area contributed by atoms with Crippen molar-refractivity contribution < 1.29 is 0 Å². The highest BCUT2D eigenvalue weighted by Gasteiger charge is 2.38. The molecule has 0 bridgehead atoms. The molecule has 1 unspecified atom stereocenters. The van der Waals surface area contributed by atoms with Gasteiger partial charge >= 0.3 is 0 Å². The van der Waals surface area contributed by atoms with Crippen molar-refractivity contribution in [2.45, 2.75) is 50.4 Å². The smallest absolute Gasteiger partial charge is 0.0454 e. The molecule has 0 aliphatic carbocycles. The molecule has 34 heavy (non-hydrogen) atoms. The fourth-order valence-electron chi connectivity index (χ4n) is 5.24. The summed E-state index contributed by atoms with van der Waals surface area (Å²) < 4.78 is 0. The lowest BCUT2D eigenvalue weighted by Gasteiger charge is -2.39. The summed E-state index contributed by atoms with van der Waals surface area (Å²) in [6, 6.07) is 33.3. The van der Waals surface area contributed by atoms with Crippen LogP contribution >= 0.6 is 0 Å². The molecule has 0 saturated heterocycles. The summed E-state index contributed by atoms with van der Waals surface area (Å²) in [6.45, 7) is 3.61. The molecule has 5 N–H and O–H groups in total. The highest BCUT2D eigenvalue weighted by Crippen LogP contribution is 2.45. The second-order valence-corrected chi connectivity index (χ2v) is 9.39. The average molecular weight is 458 g/mol. The van der Waals surface area contributed by atoms with Crippen LogP contribution in [0.2, 0.25) is 0 Å². The van der Waals surface area contributed by atoms with E-state index >= 15 is 0 Å². The van der Waals surface area contributed by atoms with Crippen molar-refractivity contribution in [3.8, 4) is 0 Å². The van der Waals surface area contributed by atoms with E-state index in [1.54, 1.807) is 0 Å². The Hall–Kier alpha value is -2.46.